The lowest BCUT2D eigenvalue weighted by atomic mass is 9.94. The lowest BCUT2D eigenvalue weighted by molar-refractivity contribution is -0.137. The summed E-state index contributed by atoms with van der Waals surface area (Å²) < 4.78 is 1.62. The standard InChI is InChI=1S/C22H27ClN6O3/c1-27-11-8-25-19(27)20(30)26-16-2-3-17(18(23)14-16)22(32)28-9-4-15(5-10-28)21(31)29-12-6-24-7-13-29/h2-3,8,11,14-15,24H,4-7,9-10,12-13H2,1H3,(H,26,30). The van der Waals surface area contributed by atoms with E-state index >= 15 is 0 Å². The van der Waals surface area contributed by atoms with Gasteiger partial charge in [-0.3, -0.25) is 14.4 Å². The van der Waals surface area contributed by atoms with Crippen molar-refractivity contribution in [2.24, 2.45) is 13.0 Å². The SMILES string of the molecule is Cn1ccnc1C(=O)Nc1ccc(C(=O)N2CCC(C(=O)N3CCNCC3)CC2)c(Cl)c1. The summed E-state index contributed by atoms with van der Waals surface area (Å²) in [7, 11) is 1.73. The Balaban J connectivity index is 1.35. The Hall–Kier alpha value is -2.91. The minimum Gasteiger partial charge on any atom is -0.340 e. The van der Waals surface area contributed by atoms with Crippen molar-refractivity contribution in [3.8, 4) is 0 Å². The maximum Gasteiger partial charge on any atom is 0.291 e. The Morgan fingerprint density at radius 3 is 2.44 bits per heavy atom. The highest BCUT2D eigenvalue weighted by Crippen LogP contribution is 2.26. The van der Waals surface area contributed by atoms with Crippen LogP contribution in [0.1, 0.15) is 33.8 Å². The van der Waals surface area contributed by atoms with E-state index in [1.54, 1.807) is 47.1 Å². The minimum absolute atomic E-state index is 0.0312. The zero-order valence-corrected chi connectivity index (χ0v) is 18.8. The number of imidazole rings is 1. The Morgan fingerprint density at radius 2 is 1.81 bits per heavy atom. The molecule has 0 bridgehead atoms. The maximum atomic E-state index is 13.0. The highest BCUT2D eigenvalue weighted by Gasteiger charge is 2.31. The quantitative estimate of drug-likeness (QED) is 0.725. The number of carbonyl (C=O) groups is 3. The van der Waals surface area contributed by atoms with Gasteiger partial charge in [-0.1, -0.05) is 11.6 Å². The average molecular weight is 459 g/mol. The van der Waals surface area contributed by atoms with Crippen LogP contribution in [-0.4, -0.2) is 76.3 Å². The van der Waals surface area contributed by atoms with Crippen LogP contribution >= 0.6 is 11.6 Å². The van der Waals surface area contributed by atoms with Gasteiger partial charge in [0.2, 0.25) is 5.91 Å². The first kappa shape index (κ1) is 22.3. The van der Waals surface area contributed by atoms with Gasteiger partial charge in [-0.25, -0.2) is 4.98 Å². The number of rotatable bonds is 4. The second-order valence-electron chi connectivity index (χ2n) is 8.15. The number of hydrogen-bond donors (Lipinski definition) is 2. The highest BCUT2D eigenvalue weighted by molar-refractivity contribution is 6.34. The van der Waals surface area contributed by atoms with Crippen LogP contribution in [0.25, 0.3) is 0 Å². The van der Waals surface area contributed by atoms with Crippen LogP contribution in [0.3, 0.4) is 0 Å². The number of halogens is 1. The zero-order valence-electron chi connectivity index (χ0n) is 18.0. The first-order valence-corrected chi connectivity index (χ1v) is 11.2. The predicted molar refractivity (Wildman–Crippen MR) is 121 cm³/mol. The lowest BCUT2D eigenvalue weighted by Crippen LogP contribution is -2.50. The molecule has 2 saturated heterocycles. The van der Waals surface area contributed by atoms with Crippen molar-refractivity contribution in [1.82, 2.24) is 24.7 Å². The molecule has 0 aliphatic carbocycles. The second-order valence-corrected chi connectivity index (χ2v) is 8.56. The molecule has 2 aliphatic heterocycles. The monoisotopic (exact) mass is 458 g/mol. The molecule has 0 atom stereocenters. The number of piperidine rings is 1. The molecule has 2 aliphatic rings. The van der Waals surface area contributed by atoms with Gasteiger partial charge in [0, 0.05) is 70.3 Å². The van der Waals surface area contributed by atoms with Gasteiger partial charge in [0.05, 0.1) is 10.6 Å². The smallest absolute Gasteiger partial charge is 0.291 e. The number of carbonyl (C=O) groups excluding carboxylic acids is 3. The molecule has 2 fully saturated rings. The van der Waals surface area contributed by atoms with Crippen LogP contribution in [0.15, 0.2) is 30.6 Å². The Labute approximate surface area is 191 Å². The Morgan fingerprint density at radius 1 is 1.09 bits per heavy atom. The molecular formula is C22H27ClN6O3. The fourth-order valence-corrected chi connectivity index (χ4v) is 4.44. The van der Waals surface area contributed by atoms with E-state index in [-0.39, 0.29) is 34.5 Å². The van der Waals surface area contributed by atoms with Crippen molar-refractivity contribution in [2.75, 3.05) is 44.6 Å². The number of nitrogens with one attached hydrogen (secondary N) is 2. The number of amides is 3. The molecule has 10 heteroatoms. The van der Waals surface area contributed by atoms with Crippen molar-refractivity contribution in [3.05, 3.63) is 47.0 Å². The molecule has 1 aromatic carbocycles. The van der Waals surface area contributed by atoms with Gasteiger partial charge in [-0.05, 0) is 31.0 Å². The summed E-state index contributed by atoms with van der Waals surface area (Å²) in [4.78, 5) is 45.7. The van der Waals surface area contributed by atoms with E-state index in [2.05, 4.69) is 15.6 Å². The molecule has 3 heterocycles. The van der Waals surface area contributed by atoms with Crippen molar-refractivity contribution >= 4 is 35.0 Å². The normalized spacial score (nSPS) is 17.3. The molecule has 2 N–H and O–H groups in total. The van der Waals surface area contributed by atoms with Crippen LogP contribution in [0.2, 0.25) is 5.02 Å². The van der Waals surface area contributed by atoms with Gasteiger partial charge < -0.3 is 25.0 Å². The fourth-order valence-electron chi connectivity index (χ4n) is 4.18. The van der Waals surface area contributed by atoms with Crippen LogP contribution in [0, 0.1) is 5.92 Å². The van der Waals surface area contributed by atoms with Gasteiger partial charge in [-0.15, -0.1) is 0 Å². The van der Waals surface area contributed by atoms with Crippen molar-refractivity contribution in [2.45, 2.75) is 12.8 Å². The van der Waals surface area contributed by atoms with Crippen molar-refractivity contribution < 1.29 is 14.4 Å². The summed E-state index contributed by atoms with van der Waals surface area (Å²) >= 11 is 6.38. The number of benzene rings is 1. The highest BCUT2D eigenvalue weighted by atomic mass is 35.5. The summed E-state index contributed by atoms with van der Waals surface area (Å²) in [5.74, 6) is -0.0748. The first-order chi connectivity index (χ1) is 15.4. The fraction of sp³-hybridized carbons (Fsp3) is 0.455. The van der Waals surface area contributed by atoms with E-state index in [4.69, 9.17) is 11.6 Å². The molecule has 0 radical (unpaired) electrons. The molecular weight excluding hydrogens is 432 g/mol. The lowest BCUT2D eigenvalue weighted by Gasteiger charge is -2.35. The largest absolute Gasteiger partial charge is 0.340 e. The van der Waals surface area contributed by atoms with E-state index in [0.717, 1.165) is 26.2 Å². The van der Waals surface area contributed by atoms with Crippen LogP contribution in [0.5, 0.6) is 0 Å². The third-order valence-electron chi connectivity index (χ3n) is 6.04. The first-order valence-electron chi connectivity index (χ1n) is 10.8. The number of piperazine rings is 1. The van der Waals surface area contributed by atoms with Gasteiger partial charge >= 0.3 is 0 Å². The second kappa shape index (κ2) is 9.70. The summed E-state index contributed by atoms with van der Waals surface area (Å²) in [6, 6.07) is 4.84. The molecule has 2 aromatic rings. The minimum atomic E-state index is -0.358. The molecule has 3 amide bonds. The van der Waals surface area contributed by atoms with Gasteiger partial charge in [0.15, 0.2) is 5.82 Å². The Bertz CT molecular complexity index is 1010. The van der Waals surface area contributed by atoms with E-state index in [1.165, 1.54) is 0 Å². The summed E-state index contributed by atoms with van der Waals surface area (Å²) in [6.07, 6.45) is 4.54. The zero-order chi connectivity index (χ0) is 22.7. The third kappa shape index (κ3) is 4.78. The molecule has 9 nitrogen and oxygen atoms in total. The van der Waals surface area contributed by atoms with Gasteiger partial charge in [0.1, 0.15) is 0 Å². The number of anilines is 1. The van der Waals surface area contributed by atoms with E-state index in [9.17, 15) is 14.4 Å². The van der Waals surface area contributed by atoms with E-state index in [0.29, 0.717) is 37.2 Å². The average Bonchev–Trinajstić information content (AvgIpc) is 3.25. The van der Waals surface area contributed by atoms with Gasteiger partial charge in [-0.2, -0.15) is 0 Å². The maximum absolute atomic E-state index is 13.0. The number of likely N-dealkylation sites (tertiary alicyclic amines) is 1. The predicted octanol–water partition coefficient (Wildman–Crippen LogP) is 1.61. The van der Waals surface area contributed by atoms with Gasteiger partial charge in [0.25, 0.3) is 11.8 Å². The Kier molecular flexibility index (Phi) is 6.76. The van der Waals surface area contributed by atoms with Crippen LogP contribution in [-0.2, 0) is 11.8 Å². The summed E-state index contributed by atoms with van der Waals surface area (Å²) in [5, 5.41) is 6.27. The molecule has 0 unspecified atom stereocenters. The van der Waals surface area contributed by atoms with Crippen LogP contribution < -0.4 is 10.6 Å². The molecule has 0 saturated carbocycles. The molecule has 1 aromatic heterocycles. The molecule has 32 heavy (non-hydrogen) atoms. The molecule has 0 spiro atoms. The summed E-state index contributed by atoms with van der Waals surface area (Å²) in [5.41, 5.74) is 0.869. The third-order valence-corrected chi connectivity index (χ3v) is 6.35. The number of aromatic nitrogens is 2. The van der Waals surface area contributed by atoms with Crippen LogP contribution in [0.4, 0.5) is 5.69 Å². The molecule has 170 valence electrons. The molecule has 4 rings (SSSR count). The van der Waals surface area contributed by atoms with E-state index in [1.807, 2.05) is 4.90 Å². The van der Waals surface area contributed by atoms with Crippen molar-refractivity contribution in [1.29, 1.82) is 0 Å². The number of aryl methyl sites for hydroxylation is 1. The van der Waals surface area contributed by atoms with Crippen molar-refractivity contribution in [3.63, 3.8) is 0 Å². The number of nitrogens with zero attached hydrogens (tertiary/aromatic N) is 4. The number of hydrogen-bond acceptors (Lipinski definition) is 5. The summed E-state index contributed by atoms with van der Waals surface area (Å²) in [6.45, 7) is 4.21. The topological polar surface area (TPSA) is 99.6 Å². The van der Waals surface area contributed by atoms with E-state index < -0.39 is 0 Å².